The molecule has 1 fully saturated rings. The molecule has 1 amide bonds. The van der Waals surface area contributed by atoms with E-state index in [1.165, 1.54) is 11.8 Å². The van der Waals surface area contributed by atoms with Crippen molar-refractivity contribution in [2.75, 3.05) is 43.4 Å². The Hall–Kier alpha value is -3.26. The summed E-state index contributed by atoms with van der Waals surface area (Å²) in [6.07, 6.45) is 3.20. The molecule has 7 nitrogen and oxygen atoms in total. The van der Waals surface area contributed by atoms with Gasteiger partial charge in [0.15, 0.2) is 5.03 Å². The molecule has 1 saturated heterocycles. The highest BCUT2D eigenvalue weighted by molar-refractivity contribution is 8.00. The average molecular weight is 451 g/mol. The Bertz CT molecular complexity index is 1030. The number of piperazine rings is 1. The number of hydrogen-bond acceptors (Lipinski definition) is 7. The number of rotatable bonds is 8. The van der Waals surface area contributed by atoms with Crippen LogP contribution in [-0.2, 0) is 4.79 Å². The molecule has 0 aliphatic carbocycles. The molecule has 0 spiro atoms. The molecule has 0 radical (unpaired) electrons. The van der Waals surface area contributed by atoms with Gasteiger partial charge in [-0.2, -0.15) is 0 Å². The van der Waals surface area contributed by atoms with E-state index in [-0.39, 0.29) is 5.91 Å². The summed E-state index contributed by atoms with van der Waals surface area (Å²) in [5.74, 6) is 2.36. The zero-order chi connectivity index (χ0) is 22.2. The minimum Gasteiger partial charge on any atom is -0.492 e. The van der Waals surface area contributed by atoms with Gasteiger partial charge in [0.05, 0.1) is 18.0 Å². The van der Waals surface area contributed by atoms with Crippen LogP contribution in [0.1, 0.15) is 6.92 Å². The molecule has 1 aliphatic rings. The highest BCUT2D eigenvalue weighted by atomic mass is 32.2. The monoisotopic (exact) mass is 450 g/mol. The largest absolute Gasteiger partial charge is 0.492 e. The lowest BCUT2D eigenvalue weighted by Gasteiger charge is -2.36. The SMILES string of the molecule is CCOc1ccccc1N1CCN(C(=O)CSc2nccnc2Oc2ccccc2)CC1. The topological polar surface area (TPSA) is 67.8 Å². The Balaban J connectivity index is 1.32. The number of nitrogens with zero attached hydrogens (tertiary/aromatic N) is 4. The lowest BCUT2D eigenvalue weighted by molar-refractivity contribution is -0.128. The zero-order valence-corrected chi connectivity index (χ0v) is 18.8. The van der Waals surface area contributed by atoms with Crippen LogP contribution in [0.2, 0.25) is 0 Å². The number of amides is 1. The predicted molar refractivity (Wildman–Crippen MR) is 126 cm³/mol. The number of para-hydroxylation sites is 3. The highest BCUT2D eigenvalue weighted by Gasteiger charge is 2.23. The summed E-state index contributed by atoms with van der Waals surface area (Å²) < 4.78 is 11.6. The van der Waals surface area contributed by atoms with Crippen molar-refractivity contribution in [3.05, 3.63) is 67.0 Å². The number of thioether (sulfide) groups is 1. The van der Waals surface area contributed by atoms with E-state index in [1.807, 2.05) is 60.4 Å². The van der Waals surface area contributed by atoms with E-state index in [9.17, 15) is 4.79 Å². The molecule has 1 aromatic heterocycles. The maximum absolute atomic E-state index is 12.8. The molecule has 2 aromatic carbocycles. The molecule has 0 atom stereocenters. The third kappa shape index (κ3) is 5.50. The summed E-state index contributed by atoms with van der Waals surface area (Å²) in [5, 5.41) is 0.606. The maximum Gasteiger partial charge on any atom is 0.252 e. The minimum atomic E-state index is 0.0871. The number of benzene rings is 2. The Kier molecular flexibility index (Phi) is 7.45. The van der Waals surface area contributed by atoms with Crippen molar-refractivity contribution >= 4 is 23.4 Å². The standard InChI is InChI=1S/C24H26N4O3S/c1-2-30-21-11-7-6-10-20(21)27-14-16-28(17-15-27)22(29)18-32-24-23(25-12-13-26-24)31-19-8-4-3-5-9-19/h3-13H,2,14-18H2,1H3. The van der Waals surface area contributed by atoms with Gasteiger partial charge >= 0.3 is 0 Å². The van der Waals surface area contributed by atoms with Gasteiger partial charge in [0.25, 0.3) is 5.88 Å². The summed E-state index contributed by atoms with van der Waals surface area (Å²) >= 11 is 1.35. The first kappa shape index (κ1) is 22.0. The minimum absolute atomic E-state index is 0.0871. The van der Waals surface area contributed by atoms with Crippen molar-refractivity contribution in [2.24, 2.45) is 0 Å². The van der Waals surface area contributed by atoms with Crippen LogP contribution in [0.15, 0.2) is 72.0 Å². The summed E-state index contributed by atoms with van der Waals surface area (Å²) in [4.78, 5) is 25.6. The molecule has 4 rings (SSSR count). The molecule has 0 saturated carbocycles. The van der Waals surface area contributed by atoms with Gasteiger partial charge in [-0.3, -0.25) is 4.79 Å². The molecule has 8 heteroatoms. The van der Waals surface area contributed by atoms with Crippen LogP contribution in [0.5, 0.6) is 17.4 Å². The maximum atomic E-state index is 12.8. The lowest BCUT2D eigenvalue weighted by atomic mass is 10.2. The van der Waals surface area contributed by atoms with Gasteiger partial charge in [-0.25, -0.2) is 9.97 Å². The molecule has 0 bridgehead atoms. The second-order valence-electron chi connectivity index (χ2n) is 7.14. The van der Waals surface area contributed by atoms with Crippen LogP contribution in [0.25, 0.3) is 0 Å². The first-order valence-corrected chi connectivity index (χ1v) is 11.6. The number of aromatic nitrogens is 2. The highest BCUT2D eigenvalue weighted by Crippen LogP contribution is 2.30. The smallest absolute Gasteiger partial charge is 0.252 e. The van der Waals surface area contributed by atoms with Crippen molar-refractivity contribution in [1.29, 1.82) is 0 Å². The van der Waals surface area contributed by atoms with E-state index in [1.54, 1.807) is 12.4 Å². The fourth-order valence-electron chi connectivity index (χ4n) is 3.50. The van der Waals surface area contributed by atoms with Gasteiger partial charge in [0.1, 0.15) is 11.5 Å². The van der Waals surface area contributed by atoms with E-state index in [4.69, 9.17) is 9.47 Å². The molecule has 166 valence electrons. The lowest BCUT2D eigenvalue weighted by Crippen LogP contribution is -2.49. The summed E-state index contributed by atoms with van der Waals surface area (Å²) in [7, 11) is 0. The van der Waals surface area contributed by atoms with Gasteiger partial charge in [-0.15, -0.1) is 0 Å². The second-order valence-corrected chi connectivity index (χ2v) is 8.10. The number of carbonyl (C=O) groups is 1. The van der Waals surface area contributed by atoms with Gasteiger partial charge in [-0.05, 0) is 31.2 Å². The quantitative estimate of drug-likeness (QED) is 0.479. The van der Waals surface area contributed by atoms with Crippen LogP contribution in [-0.4, -0.2) is 59.3 Å². The Labute approximate surface area is 192 Å². The van der Waals surface area contributed by atoms with Crippen LogP contribution in [0, 0.1) is 0 Å². The fraction of sp³-hybridized carbons (Fsp3) is 0.292. The second kappa shape index (κ2) is 10.9. The normalized spacial score (nSPS) is 13.7. The molecule has 3 aromatic rings. The van der Waals surface area contributed by atoms with Crippen LogP contribution < -0.4 is 14.4 Å². The van der Waals surface area contributed by atoms with Crippen molar-refractivity contribution in [3.63, 3.8) is 0 Å². The number of anilines is 1. The van der Waals surface area contributed by atoms with Gasteiger partial charge < -0.3 is 19.3 Å². The Morgan fingerprint density at radius 1 is 0.969 bits per heavy atom. The Morgan fingerprint density at radius 3 is 2.47 bits per heavy atom. The average Bonchev–Trinajstić information content (AvgIpc) is 2.85. The molecular formula is C24H26N4O3S. The number of hydrogen-bond donors (Lipinski definition) is 0. The molecule has 2 heterocycles. The fourth-order valence-corrected chi connectivity index (χ4v) is 4.29. The summed E-state index contributed by atoms with van der Waals surface area (Å²) in [6.45, 7) is 5.51. The summed E-state index contributed by atoms with van der Waals surface area (Å²) in [5.41, 5.74) is 1.08. The van der Waals surface area contributed by atoms with Crippen molar-refractivity contribution in [2.45, 2.75) is 11.9 Å². The van der Waals surface area contributed by atoms with Gasteiger partial charge in [-0.1, -0.05) is 42.1 Å². The number of ether oxygens (including phenoxy) is 2. The van der Waals surface area contributed by atoms with Gasteiger partial charge in [0, 0.05) is 38.6 Å². The van der Waals surface area contributed by atoms with E-state index < -0.39 is 0 Å². The molecular weight excluding hydrogens is 424 g/mol. The van der Waals surface area contributed by atoms with Crippen LogP contribution >= 0.6 is 11.8 Å². The molecule has 1 aliphatic heterocycles. The number of carbonyl (C=O) groups excluding carboxylic acids is 1. The van der Waals surface area contributed by atoms with Crippen LogP contribution in [0.4, 0.5) is 5.69 Å². The molecule has 32 heavy (non-hydrogen) atoms. The molecule has 0 unspecified atom stereocenters. The third-order valence-corrected chi connectivity index (χ3v) is 6.01. The van der Waals surface area contributed by atoms with E-state index in [0.717, 1.165) is 24.5 Å². The zero-order valence-electron chi connectivity index (χ0n) is 18.0. The van der Waals surface area contributed by atoms with E-state index in [0.29, 0.717) is 42.1 Å². The third-order valence-electron chi connectivity index (χ3n) is 5.06. The Morgan fingerprint density at radius 2 is 1.69 bits per heavy atom. The van der Waals surface area contributed by atoms with Gasteiger partial charge in [0.2, 0.25) is 5.91 Å². The van der Waals surface area contributed by atoms with E-state index in [2.05, 4.69) is 20.9 Å². The van der Waals surface area contributed by atoms with Crippen LogP contribution in [0.3, 0.4) is 0 Å². The van der Waals surface area contributed by atoms with Crippen molar-refractivity contribution < 1.29 is 14.3 Å². The molecule has 0 N–H and O–H groups in total. The first-order chi connectivity index (χ1) is 15.7. The first-order valence-electron chi connectivity index (χ1n) is 10.7. The van der Waals surface area contributed by atoms with E-state index >= 15 is 0 Å². The predicted octanol–water partition coefficient (Wildman–Crippen LogP) is 4.11. The summed E-state index contributed by atoms with van der Waals surface area (Å²) in [6, 6.07) is 17.5. The van der Waals surface area contributed by atoms with Crippen molar-refractivity contribution in [3.8, 4) is 17.4 Å². The van der Waals surface area contributed by atoms with Crippen molar-refractivity contribution in [1.82, 2.24) is 14.9 Å².